The molecule has 1 unspecified atom stereocenters. The zero-order valence-electron chi connectivity index (χ0n) is 9.95. The third-order valence-corrected chi connectivity index (χ3v) is 2.30. The van der Waals surface area contributed by atoms with Crippen molar-refractivity contribution < 1.29 is 14.3 Å². The van der Waals surface area contributed by atoms with Gasteiger partial charge in [0, 0.05) is 5.56 Å². The fourth-order valence-corrected chi connectivity index (χ4v) is 1.42. The van der Waals surface area contributed by atoms with Crippen LogP contribution in [0, 0.1) is 0 Å². The highest BCUT2D eigenvalue weighted by atomic mass is 16.6. The predicted octanol–water partition coefficient (Wildman–Crippen LogP) is 0.807. The Bertz CT molecular complexity index is 527. The van der Waals surface area contributed by atoms with Crippen molar-refractivity contribution in [1.29, 1.82) is 0 Å². The number of carbonyl (C=O) groups is 1. The Labute approximate surface area is 103 Å². The van der Waals surface area contributed by atoms with E-state index in [1.165, 1.54) is 7.11 Å². The van der Waals surface area contributed by atoms with Crippen molar-refractivity contribution in [3.05, 3.63) is 24.3 Å². The second-order valence-electron chi connectivity index (χ2n) is 3.56. The zero-order valence-corrected chi connectivity index (χ0v) is 9.95. The van der Waals surface area contributed by atoms with Gasteiger partial charge in [-0.3, -0.25) is 0 Å². The van der Waals surface area contributed by atoms with Crippen molar-refractivity contribution in [2.24, 2.45) is 0 Å². The smallest absolute Gasteiger partial charge is 0.346 e. The number of nitrogens with one attached hydrogen (secondary N) is 1. The molecule has 1 aromatic heterocycles. The molecule has 7 heteroatoms. The number of carbonyl (C=O) groups excluding carboxylic acids is 1. The number of nitrogens with zero attached hydrogens (tertiary/aromatic N) is 3. The fourth-order valence-electron chi connectivity index (χ4n) is 1.42. The molecule has 0 spiro atoms. The molecule has 1 aromatic carbocycles. The number of H-pyrrole nitrogens is 1. The Morgan fingerprint density at radius 1 is 1.44 bits per heavy atom. The molecular weight excluding hydrogens is 236 g/mol. The van der Waals surface area contributed by atoms with Gasteiger partial charge in [0.2, 0.25) is 0 Å². The SMILES string of the molecule is COC(=O)C(C)Oc1cccc(-c2nnn[nH]2)c1. The summed E-state index contributed by atoms with van der Waals surface area (Å²) in [6.45, 7) is 1.62. The number of ether oxygens (including phenoxy) is 2. The summed E-state index contributed by atoms with van der Waals surface area (Å²) < 4.78 is 10.0. The summed E-state index contributed by atoms with van der Waals surface area (Å²) in [7, 11) is 1.32. The van der Waals surface area contributed by atoms with Crippen molar-refractivity contribution in [2.75, 3.05) is 7.11 Å². The van der Waals surface area contributed by atoms with Crippen molar-refractivity contribution in [3.63, 3.8) is 0 Å². The molecule has 0 fully saturated rings. The van der Waals surface area contributed by atoms with Crippen molar-refractivity contribution in [1.82, 2.24) is 20.6 Å². The second kappa shape index (κ2) is 5.26. The van der Waals surface area contributed by atoms with Crippen LogP contribution < -0.4 is 4.74 Å². The first kappa shape index (κ1) is 12.0. The van der Waals surface area contributed by atoms with Crippen LogP contribution in [0.2, 0.25) is 0 Å². The number of benzene rings is 1. The summed E-state index contributed by atoms with van der Waals surface area (Å²) in [6, 6.07) is 7.10. The summed E-state index contributed by atoms with van der Waals surface area (Å²) in [6.07, 6.45) is -0.668. The van der Waals surface area contributed by atoms with Gasteiger partial charge in [-0.15, -0.1) is 5.10 Å². The number of rotatable bonds is 4. The first-order chi connectivity index (χ1) is 8.70. The average Bonchev–Trinajstić information content (AvgIpc) is 2.92. The van der Waals surface area contributed by atoms with E-state index in [4.69, 9.17) is 4.74 Å². The molecule has 1 N–H and O–H groups in total. The van der Waals surface area contributed by atoms with Crippen LogP contribution in [0.4, 0.5) is 0 Å². The molecule has 0 amide bonds. The number of aromatic nitrogens is 4. The van der Waals surface area contributed by atoms with E-state index in [1.807, 2.05) is 6.07 Å². The summed E-state index contributed by atoms with van der Waals surface area (Å²) >= 11 is 0. The monoisotopic (exact) mass is 248 g/mol. The van der Waals surface area contributed by atoms with Gasteiger partial charge in [0.05, 0.1) is 7.11 Å². The minimum Gasteiger partial charge on any atom is -0.479 e. The van der Waals surface area contributed by atoms with Crippen LogP contribution in [0.25, 0.3) is 11.4 Å². The molecule has 0 aliphatic rings. The van der Waals surface area contributed by atoms with Gasteiger partial charge in [0.1, 0.15) is 5.75 Å². The third-order valence-electron chi connectivity index (χ3n) is 2.30. The summed E-state index contributed by atoms with van der Waals surface area (Å²) in [5, 5.41) is 13.4. The fraction of sp³-hybridized carbons (Fsp3) is 0.273. The van der Waals surface area contributed by atoms with Gasteiger partial charge in [-0.05, 0) is 29.5 Å². The topological polar surface area (TPSA) is 90.0 Å². The molecule has 2 aromatic rings. The number of esters is 1. The maximum atomic E-state index is 11.2. The maximum Gasteiger partial charge on any atom is 0.346 e. The molecule has 0 aliphatic heterocycles. The molecule has 0 bridgehead atoms. The normalized spacial score (nSPS) is 11.9. The van der Waals surface area contributed by atoms with Crippen LogP contribution in [0.5, 0.6) is 5.75 Å². The Morgan fingerprint density at radius 2 is 2.28 bits per heavy atom. The third kappa shape index (κ3) is 2.62. The molecule has 0 radical (unpaired) electrons. The van der Waals surface area contributed by atoms with Crippen LogP contribution in [-0.2, 0) is 9.53 Å². The highest BCUT2D eigenvalue weighted by Crippen LogP contribution is 2.21. The molecule has 0 saturated carbocycles. The van der Waals surface area contributed by atoms with Gasteiger partial charge < -0.3 is 9.47 Å². The summed E-state index contributed by atoms with van der Waals surface area (Å²) in [4.78, 5) is 11.2. The Morgan fingerprint density at radius 3 is 2.94 bits per heavy atom. The van der Waals surface area contributed by atoms with Crippen LogP contribution in [0.15, 0.2) is 24.3 Å². The molecule has 1 atom stereocenters. The molecule has 2 rings (SSSR count). The van der Waals surface area contributed by atoms with E-state index >= 15 is 0 Å². The van der Waals surface area contributed by atoms with Gasteiger partial charge in [-0.1, -0.05) is 12.1 Å². The summed E-state index contributed by atoms with van der Waals surface area (Å²) in [5.41, 5.74) is 0.773. The lowest BCUT2D eigenvalue weighted by atomic mass is 10.2. The summed E-state index contributed by atoms with van der Waals surface area (Å²) in [5.74, 6) is 0.648. The van der Waals surface area contributed by atoms with Gasteiger partial charge in [-0.2, -0.15) is 0 Å². The highest BCUT2D eigenvalue weighted by Gasteiger charge is 2.15. The van der Waals surface area contributed by atoms with E-state index in [2.05, 4.69) is 25.4 Å². The molecule has 0 aliphatic carbocycles. The lowest BCUT2D eigenvalue weighted by molar-refractivity contribution is -0.147. The Balaban J connectivity index is 2.15. The minimum absolute atomic E-state index is 0.429. The lowest BCUT2D eigenvalue weighted by Crippen LogP contribution is -2.24. The van der Waals surface area contributed by atoms with Crippen molar-refractivity contribution in [3.8, 4) is 17.1 Å². The van der Waals surface area contributed by atoms with E-state index < -0.39 is 12.1 Å². The molecule has 1 heterocycles. The predicted molar refractivity (Wildman–Crippen MR) is 61.7 cm³/mol. The van der Waals surface area contributed by atoms with E-state index in [9.17, 15) is 4.79 Å². The first-order valence-electron chi connectivity index (χ1n) is 5.29. The molecule has 7 nitrogen and oxygen atoms in total. The highest BCUT2D eigenvalue weighted by molar-refractivity contribution is 5.74. The van der Waals surface area contributed by atoms with Gasteiger partial charge >= 0.3 is 5.97 Å². The molecular formula is C11H12N4O3. The van der Waals surface area contributed by atoms with E-state index in [-0.39, 0.29) is 0 Å². The number of methoxy groups -OCH3 is 1. The standard InChI is InChI=1S/C11H12N4O3/c1-7(11(16)17-2)18-9-5-3-4-8(6-9)10-12-14-15-13-10/h3-7H,1-2H3,(H,12,13,14,15). The average molecular weight is 248 g/mol. The molecule has 0 saturated heterocycles. The van der Waals surface area contributed by atoms with Crippen LogP contribution in [-0.4, -0.2) is 39.8 Å². The van der Waals surface area contributed by atoms with Crippen molar-refractivity contribution >= 4 is 5.97 Å². The van der Waals surface area contributed by atoms with Gasteiger partial charge in [0.15, 0.2) is 11.9 Å². The number of tetrazole rings is 1. The Kier molecular flexibility index (Phi) is 3.52. The number of hydrogen-bond acceptors (Lipinski definition) is 6. The van der Waals surface area contributed by atoms with E-state index in [0.717, 1.165) is 5.56 Å². The number of aromatic amines is 1. The van der Waals surface area contributed by atoms with E-state index in [0.29, 0.717) is 11.6 Å². The molecule has 18 heavy (non-hydrogen) atoms. The maximum absolute atomic E-state index is 11.2. The van der Waals surface area contributed by atoms with Crippen LogP contribution in [0.3, 0.4) is 0 Å². The number of hydrogen-bond donors (Lipinski definition) is 1. The lowest BCUT2D eigenvalue weighted by Gasteiger charge is -2.12. The minimum atomic E-state index is -0.668. The van der Waals surface area contributed by atoms with Crippen LogP contribution in [0.1, 0.15) is 6.92 Å². The van der Waals surface area contributed by atoms with Crippen LogP contribution >= 0.6 is 0 Å². The van der Waals surface area contributed by atoms with Gasteiger partial charge in [-0.25, -0.2) is 9.89 Å². The zero-order chi connectivity index (χ0) is 13.0. The van der Waals surface area contributed by atoms with Gasteiger partial charge in [0.25, 0.3) is 0 Å². The Hall–Kier alpha value is -2.44. The van der Waals surface area contributed by atoms with Crippen molar-refractivity contribution in [2.45, 2.75) is 13.0 Å². The second-order valence-corrected chi connectivity index (χ2v) is 3.56. The quantitative estimate of drug-likeness (QED) is 0.805. The largest absolute Gasteiger partial charge is 0.479 e. The first-order valence-corrected chi connectivity index (χ1v) is 5.29. The molecule has 94 valence electrons. The van der Waals surface area contributed by atoms with E-state index in [1.54, 1.807) is 25.1 Å².